The van der Waals surface area contributed by atoms with Crippen molar-refractivity contribution in [1.29, 1.82) is 0 Å². The normalized spacial score (nSPS) is 10.6. The predicted octanol–water partition coefficient (Wildman–Crippen LogP) is 4.55. The molecule has 0 radical (unpaired) electrons. The number of carbonyl (C=O) groups is 2. The van der Waals surface area contributed by atoms with Gasteiger partial charge in [0.15, 0.2) is 0 Å². The third kappa shape index (κ3) is 5.91. The van der Waals surface area contributed by atoms with E-state index in [0.29, 0.717) is 18.1 Å². The Balaban J connectivity index is 1.98. The van der Waals surface area contributed by atoms with Crippen molar-refractivity contribution in [3.63, 3.8) is 0 Å². The van der Waals surface area contributed by atoms with E-state index in [1.54, 1.807) is 30.3 Å². The second kappa shape index (κ2) is 9.23. The Bertz CT molecular complexity index is 740. The van der Waals surface area contributed by atoms with Crippen molar-refractivity contribution in [1.82, 2.24) is 0 Å². The van der Waals surface area contributed by atoms with Crippen molar-refractivity contribution in [3.8, 4) is 0 Å². The highest BCUT2D eigenvalue weighted by atomic mass is 35.5. The second-order valence-electron chi connectivity index (χ2n) is 6.05. The van der Waals surface area contributed by atoms with Gasteiger partial charge in [-0.15, -0.1) is 0 Å². The van der Waals surface area contributed by atoms with Crippen LogP contribution in [0.3, 0.4) is 0 Å². The minimum absolute atomic E-state index is 0.203. The highest BCUT2D eigenvalue weighted by Gasteiger charge is 2.19. The largest absolute Gasteiger partial charge is 0.462 e. The maximum Gasteiger partial charge on any atom is 0.339 e. The standard InChI is InChI=1S/C20H21ClO4/c1-14(2)13-25-20(23)18-9-4-3-8-17(18)19(22)24-11-10-15-6-5-7-16(21)12-15/h3-9,12,14H,10-11,13H2,1-2H3. The van der Waals surface area contributed by atoms with Crippen LogP contribution >= 0.6 is 11.6 Å². The lowest BCUT2D eigenvalue weighted by Gasteiger charge is -2.11. The van der Waals surface area contributed by atoms with Crippen LogP contribution in [0.5, 0.6) is 0 Å². The lowest BCUT2D eigenvalue weighted by Crippen LogP contribution is -2.16. The highest BCUT2D eigenvalue weighted by Crippen LogP contribution is 2.14. The molecule has 0 amide bonds. The van der Waals surface area contributed by atoms with Gasteiger partial charge in [-0.2, -0.15) is 0 Å². The van der Waals surface area contributed by atoms with Crippen molar-refractivity contribution >= 4 is 23.5 Å². The third-order valence-corrected chi connectivity index (χ3v) is 3.66. The minimum Gasteiger partial charge on any atom is -0.462 e. The Morgan fingerprint density at radius 1 is 0.960 bits per heavy atom. The zero-order valence-electron chi connectivity index (χ0n) is 14.3. The van der Waals surface area contributed by atoms with Crippen LogP contribution in [0.4, 0.5) is 0 Å². The van der Waals surface area contributed by atoms with Crippen LogP contribution in [-0.2, 0) is 15.9 Å². The molecule has 5 heteroatoms. The van der Waals surface area contributed by atoms with Crippen LogP contribution in [0, 0.1) is 5.92 Å². The molecule has 25 heavy (non-hydrogen) atoms. The van der Waals surface area contributed by atoms with E-state index in [2.05, 4.69) is 0 Å². The average molecular weight is 361 g/mol. The zero-order valence-corrected chi connectivity index (χ0v) is 15.1. The zero-order chi connectivity index (χ0) is 18.2. The van der Waals surface area contributed by atoms with Gasteiger partial charge in [-0.25, -0.2) is 9.59 Å². The predicted molar refractivity (Wildman–Crippen MR) is 97.0 cm³/mol. The van der Waals surface area contributed by atoms with Gasteiger partial charge in [0.1, 0.15) is 0 Å². The van der Waals surface area contributed by atoms with Crippen LogP contribution in [-0.4, -0.2) is 25.2 Å². The first-order valence-corrected chi connectivity index (χ1v) is 8.53. The van der Waals surface area contributed by atoms with Crippen molar-refractivity contribution in [2.75, 3.05) is 13.2 Å². The van der Waals surface area contributed by atoms with Crippen LogP contribution in [0.1, 0.15) is 40.1 Å². The number of carbonyl (C=O) groups excluding carboxylic acids is 2. The molecular weight excluding hydrogens is 340 g/mol. The molecule has 2 aromatic carbocycles. The van der Waals surface area contributed by atoms with E-state index >= 15 is 0 Å². The summed E-state index contributed by atoms with van der Waals surface area (Å²) >= 11 is 5.93. The Kier molecular flexibility index (Phi) is 7.02. The van der Waals surface area contributed by atoms with Gasteiger partial charge in [0, 0.05) is 11.4 Å². The van der Waals surface area contributed by atoms with E-state index < -0.39 is 11.9 Å². The lowest BCUT2D eigenvalue weighted by atomic mass is 10.1. The molecule has 0 saturated heterocycles. The second-order valence-corrected chi connectivity index (χ2v) is 6.49. The summed E-state index contributed by atoms with van der Waals surface area (Å²) in [5.41, 5.74) is 1.41. The van der Waals surface area contributed by atoms with Crippen LogP contribution < -0.4 is 0 Å². The summed E-state index contributed by atoms with van der Waals surface area (Å²) in [5, 5.41) is 0.641. The van der Waals surface area contributed by atoms with Gasteiger partial charge in [-0.05, 0) is 35.7 Å². The summed E-state index contributed by atoms with van der Waals surface area (Å²) in [6, 6.07) is 13.9. The lowest BCUT2D eigenvalue weighted by molar-refractivity contribution is 0.0431. The molecule has 0 aliphatic heterocycles. The van der Waals surface area contributed by atoms with E-state index in [-0.39, 0.29) is 23.7 Å². The quantitative estimate of drug-likeness (QED) is 0.679. The first kappa shape index (κ1) is 19.0. The summed E-state index contributed by atoms with van der Waals surface area (Å²) in [7, 11) is 0. The molecule has 0 aliphatic carbocycles. The molecule has 132 valence electrons. The number of ether oxygens (including phenoxy) is 2. The van der Waals surface area contributed by atoms with E-state index in [1.165, 1.54) is 0 Å². The Labute approximate surface area is 152 Å². The van der Waals surface area contributed by atoms with Gasteiger partial charge in [-0.3, -0.25) is 0 Å². The van der Waals surface area contributed by atoms with Gasteiger partial charge < -0.3 is 9.47 Å². The highest BCUT2D eigenvalue weighted by molar-refractivity contribution is 6.30. The maximum absolute atomic E-state index is 12.3. The number of hydrogen-bond donors (Lipinski definition) is 0. The molecule has 0 N–H and O–H groups in total. The number of halogens is 1. The number of benzene rings is 2. The molecule has 2 aromatic rings. The van der Waals surface area contributed by atoms with Gasteiger partial charge in [0.05, 0.1) is 24.3 Å². The summed E-state index contributed by atoms with van der Waals surface area (Å²) in [6.07, 6.45) is 0.548. The van der Waals surface area contributed by atoms with Gasteiger partial charge >= 0.3 is 11.9 Å². The summed E-state index contributed by atoms with van der Waals surface area (Å²) in [5.74, 6) is -0.837. The maximum atomic E-state index is 12.3. The monoisotopic (exact) mass is 360 g/mol. The Morgan fingerprint density at radius 3 is 2.20 bits per heavy atom. The third-order valence-electron chi connectivity index (χ3n) is 3.43. The Morgan fingerprint density at radius 2 is 1.60 bits per heavy atom. The SMILES string of the molecule is CC(C)COC(=O)c1ccccc1C(=O)OCCc1cccc(Cl)c1. The van der Waals surface area contributed by atoms with Gasteiger partial charge in [-0.1, -0.05) is 49.7 Å². The van der Waals surface area contributed by atoms with Crippen molar-refractivity contribution < 1.29 is 19.1 Å². The molecule has 0 aromatic heterocycles. The van der Waals surface area contributed by atoms with E-state index in [0.717, 1.165) is 5.56 Å². The van der Waals surface area contributed by atoms with Crippen molar-refractivity contribution in [2.45, 2.75) is 20.3 Å². The smallest absolute Gasteiger partial charge is 0.339 e. The summed E-state index contributed by atoms with van der Waals surface area (Å²) < 4.78 is 10.5. The van der Waals surface area contributed by atoms with E-state index in [4.69, 9.17) is 21.1 Å². The fourth-order valence-corrected chi connectivity index (χ4v) is 2.40. The van der Waals surface area contributed by atoms with Crippen LogP contribution in [0.15, 0.2) is 48.5 Å². The van der Waals surface area contributed by atoms with Crippen molar-refractivity contribution in [2.24, 2.45) is 5.92 Å². The minimum atomic E-state index is -0.542. The number of rotatable bonds is 7. The molecule has 2 rings (SSSR count). The molecule has 4 nitrogen and oxygen atoms in total. The first-order chi connectivity index (χ1) is 12.0. The summed E-state index contributed by atoms with van der Waals surface area (Å²) in [6.45, 7) is 4.40. The molecule has 0 spiro atoms. The molecular formula is C20H21ClO4. The van der Waals surface area contributed by atoms with E-state index in [1.807, 2.05) is 32.0 Å². The molecule has 0 saturated carbocycles. The van der Waals surface area contributed by atoms with Crippen molar-refractivity contribution in [3.05, 3.63) is 70.2 Å². The van der Waals surface area contributed by atoms with E-state index in [9.17, 15) is 9.59 Å². The Hall–Kier alpha value is -2.33. The fourth-order valence-electron chi connectivity index (χ4n) is 2.19. The number of hydrogen-bond acceptors (Lipinski definition) is 4. The molecule has 0 aliphatic rings. The first-order valence-electron chi connectivity index (χ1n) is 8.15. The molecule has 0 fully saturated rings. The molecule has 0 unspecified atom stereocenters. The van der Waals surface area contributed by atoms with Crippen LogP contribution in [0.2, 0.25) is 5.02 Å². The average Bonchev–Trinajstić information content (AvgIpc) is 2.59. The van der Waals surface area contributed by atoms with Crippen LogP contribution in [0.25, 0.3) is 0 Å². The number of esters is 2. The fraction of sp³-hybridized carbons (Fsp3) is 0.300. The topological polar surface area (TPSA) is 52.6 Å². The molecule has 0 heterocycles. The van der Waals surface area contributed by atoms with Gasteiger partial charge in [0.2, 0.25) is 0 Å². The summed E-state index contributed by atoms with van der Waals surface area (Å²) in [4.78, 5) is 24.5. The molecule has 0 bridgehead atoms. The molecule has 0 atom stereocenters. The van der Waals surface area contributed by atoms with Gasteiger partial charge in [0.25, 0.3) is 0 Å².